The minimum atomic E-state index is -4.09. The maximum absolute atomic E-state index is 12.9. The van der Waals surface area contributed by atoms with E-state index in [1.807, 2.05) is 20.8 Å². The van der Waals surface area contributed by atoms with Crippen molar-refractivity contribution in [2.24, 2.45) is 0 Å². The van der Waals surface area contributed by atoms with Crippen molar-refractivity contribution in [1.29, 1.82) is 0 Å². The average Bonchev–Trinajstić information content (AvgIpc) is 2.83. The minimum Gasteiger partial charge on any atom is -0.490 e. The summed E-state index contributed by atoms with van der Waals surface area (Å²) in [5.41, 5.74) is 0.742. The number of carbonyl (C=O) groups is 1. The van der Waals surface area contributed by atoms with E-state index < -0.39 is 27.9 Å². The van der Waals surface area contributed by atoms with Gasteiger partial charge >= 0.3 is 6.09 Å². The van der Waals surface area contributed by atoms with Gasteiger partial charge in [-0.2, -0.15) is 8.42 Å². The monoisotopic (exact) mass is 553 g/mol. The van der Waals surface area contributed by atoms with Crippen LogP contribution >= 0.6 is 0 Å². The topological polar surface area (TPSA) is 119 Å². The average molecular weight is 554 g/mol. The predicted octanol–water partition coefficient (Wildman–Crippen LogP) is 4.65. The van der Waals surface area contributed by atoms with Gasteiger partial charge in [0.25, 0.3) is 10.1 Å². The molecule has 0 aliphatic heterocycles. The fraction of sp³-hybridized carbons (Fsp3) is 0.519. The van der Waals surface area contributed by atoms with Crippen LogP contribution in [0.4, 0.5) is 4.79 Å². The van der Waals surface area contributed by atoms with Crippen LogP contribution in [0.2, 0.25) is 0 Å². The summed E-state index contributed by atoms with van der Waals surface area (Å²) >= 11 is 0. The molecule has 0 fully saturated rings. The smallest absolute Gasteiger partial charge is 0.407 e. The Balaban J connectivity index is 2.46. The number of nitrogens with one attached hydrogen (secondary N) is 1. The highest BCUT2D eigenvalue weighted by Gasteiger charge is 2.27. The Kier molecular flexibility index (Phi) is 11.1. The van der Waals surface area contributed by atoms with Gasteiger partial charge in [-0.25, -0.2) is 4.79 Å². The van der Waals surface area contributed by atoms with Crippen LogP contribution in [0, 0.1) is 6.92 Å². The van der Waals surface area contributed by atoms with Gasteiger partial charge in [0.2, 0.25) is 11.5 Å². The maximum atomic E-state index is 12.9. The summed E-state index contributed by atoms with van der Waals surface area (Å²) in [6.45, 7) is 11.0. The maximum Gasteiger partial charge on any atom is 0.407 e. The SMILES string of the molecule is CCOc1cc(CC(COS(=O)(=O)c2ccc(C)cc2)NC(=O)OC(C)(C)C)c(OCC)c(OC)c1OC. The molecule has 2 aromatic rings. The van der Waals surface area contributed by atoms with E-state index in [4.69, 9.17) is 27.9 Å². The first-order chi connectivity index (χ1) is 17.8. The Morgan fingerprint density at radius 2 is 1.55 bits per heavy atom. The molecule has 0 aromatic heterocycles. The summed E-state index contributed by atoms with van der Waals surface area (Å²) in [7, 11) is -1.12. The zero-order valence-corrected chi connectivity index (χ0v) is 24.2. The van der Waals surface area contributed by atoms with Gasteiger partial charge in [0, 0.05) is 5.56 Å². The van der Waals surface area contributed by atoms with Crippen molar-refractivity contribution in [2.45, 2.75) is 64.5 Å². The standard InChI is InChI=1S/C27H39NO9S/c1-9-34-22-16-19(23(35-10-2)25(33-8)24(22)32-7)15-20(28-26(29)37-27(4,5)6)17-36-38(30,31)21-13-11-18(3)12-14-21/h11-14,16,20H,9-10,15,17H2,1-8H3,(H,28,29). The number of methoxy groups -OCH3 is 2. The molecule has 1 unspecified atom stereocenters. The third-order valence-electron chi connectivity index (χ3n) is 5.15. The highest BCUT2D eigenvalue weighted by molar-refractivity contribution is 7.86. The molecule has 0 aliphatic rings. The first-order valence-electron chi connectivity index (χ1n) is 12.3. The van der Waals surface area contributed by atoms with Crippen molar-refractivity contribution in [3.63, 3.8) is 0 Å². The Hall–Kier alpha value is -3.18. The van der Waals surface area contributed by atoms with Gasteiger partial charge in [-0.15, -0.1) is 0 Å². The zero-order chi connectivity index (χ0) is 28.5. The lowest BCUT2D eigenvalue weighted by molar-refractivity contribution is 0.0488. The molecular formula is C27H39NO9S. The van der Waals surface area contributed by atoms with Crippen LogP contribution in [0.1, 0.15) is 45.7 Å². The van der Waals surface area contributed by atoms with E-state index in [1.165, 1.54) is 26.4 Å². The van der Waals surface area contributed by atoms with Crippen molar-refractivity contribution in [2.75, 3.05) is 34.0 Å². The summed E-state index contributed by atoms with van der Waals surface area (Å²) in [5.74, 6) is 1.47. The largest absolute Gasteiger partial charge is 0.490 e. The normalized spacial score (nSPS) is 12.4. The molecule has 1 amide bonds. The van der Waals surface area contributed by atoms with Gasteiger partial charge in [0.1, 0.15) is 5.60 Å². The van der Waals surface area contributed by atoms with Crippen molar-refractivity contribution in [3.05, 3.63) is 41.5 Å². The van der Waals surface area contributed by atoms with Crippen LogP contribution in [-0.2, 0) is 25.5 Å². The highest BCUT2D eigenvalue weighted by atomic mass is 32.2. The van der Waals surface area contributed by atoms with Crippen molar-refractivity contribution < 1.29 is 41.1 Å². The predicted molar refractivity (Wildman–Crippen MR) is 143 cm³/mol. The lowest BCUT2D eigenvalue weighted by Gasteiger charge is -2.25. The van der Waals surface area contributed by atoms with Gasteiger partial charge in [-0.05, 0) is 66.2 Å². The van der Waals surface area contributed by atoms with Crippen molar-refractivity contribution in [3.8, 4) is 23.0 Å². The summed E-state index contributed by atoms with van der Waals surface area (Å²) in [6, 6.07) is 7.19. The van der Waals surface area contributed by atoms with E-state index in [9.17, 15) is 13.2 Å². The molecule has 10 nitrogen and oxygen atoms in total. The van der Waals surface area contributed by atoms with E-state index in [1.54, 1.807) is 39.0 Å². The second-order valence-corrected chi connectivity index (χ2v) is 11.0. The van der Waals surface area contributed by atoms with Crippen LogP contribution in [0.25, 0.3) is 0 Å². The van der Waals surface area contributed by atoms with Gasteiger partial charge in [-0.1, -0.05) is 17.7 Å². The molecule has 11 heteroatoms. The van der Waals surface area contributed by atoms with Crippen LogP contribution in [0.3, 0.4) is 0 Å². The van der Waals surface area contributed by atoms with Crippen LogP contribution in [0.15, 0.2) is 35.2 Å². The second kappa shape index (κ2) is 13.6. The molecule has 0 bridgehead atoms. The molecule has 2 rings (SSSR count). The second-order valence-electron chi connectivity index (χ2n) is 9.39. The van der Waals surface area contributed by atoms with E-state index in [0.717, 1.165) is 5.56 Å². The lowest BCUT2D eigenvalue weighted by Crippen LogP contribution is -2.43. The summed E-state index contributed by atoms with van der Waals surface area (Å²) in [6.07, 6.45) is -0.611. The van der Waals surface area contributed by atoms with Crippen LogP contribution in [-0.4, -0.2) is 60.2 Å². The number of rotatable bonds is 13. The molecule has 38 heavy (non-hydrogen) atoms. The number of alkyl carbamates (subject to hydrolysis) is 1. The molecule has 212 valence electrons. The number of aryl methyl sites for hydroxylation is 1. The Labute approximate surface area is 225 Å². The van der Waals surface area contributed by atoms with E-state index in [-0.39, 0.29) is 17.9 Å². The Morgan fingerprint density at radius 1 is 0.947 bits per heavy atom. The number of ether oxygens (including phenoxy) is 5. The summed E-state index contributed by atoms with van der Waals surface area (Å²) < 4.78 is 59.2. The fourth-order valence-corrected chi connectivity index (χ4v) is 4.53. The molecule has 0 saturated carbocycles. The molecule has 1 atom stereocenters. The molecule has 2 aromatic carbocycles. The number of amides is 1. The summed E-state index contributed by atoms with van der Waals surface area (Å²) in [4.78, 5) is 12.7. The molecule has 0 aliphatic carbocycles. The van der Waals surface area contributed by atoms with Crippen LogP contribution in [0.5, 0.6) is 23.0 Å². The van der Waals surface area contributed by atoms with Gasteiger partial charge in [0.15, 0.2) is 11.5 Å². The number of hydrogen-bond donors (Lipinski definition) is 1. The fourth-order valence-electron chi connectivity index (χ4n) is 3.58. The van der Waals surface area contributed by atoms with E-state index in [2.05, 4.69) is 5.32 Å². The van der Waals surface area contributed by atoms with E-state index >= 15 is 0 Å². The molecule has 0 heterocycles. The molecule has 0 spiro atoms. The Morgan fingerprint density at radius 3 is 2.08 bits per heavy atom. The molecular weight excluding hydrogens is 514 g/mol. The van der Waals surface area contributed by atoms with Crippen molar-refractivity contribution in [1.82, 2.24) is 5.32 Å². The first kappa shape index (κ1) is 31.0. The third-order valence-corrected chi connectivity index (χ3v) is 6.45. The van der Waals surface area contributed by atoms with Gasteiger partial charge in [0.05, 0.1) is 45.0 Å². The van der Waals surface area contributed by atoms with Gasteiger partial charge < -0.3 is 29.0 Å². The van der Waals surface area contributed by atoms with E-state index in [0.29, 0.717) is 41.8 Å². The number of benzene rings is 2. The lowest BCUT2D eigenvalue weighted by atomic mass is 10.0. The number of carbonyl (C=O) groups excluding carboxylic acids is 1. The molecule has 0 radical (unpaired) electrons. The molecule has 1 N–H and O–H groups in total. The van der Waals surface area contributed by atoms with Gasteiger partial charge in [-0.3, -0.25) is 4.18 Å². The molecule has 0 saturated heterocycles. The number of hydrogen-bond acceptors (Lipinski definition) is 9. The zero-order valence-electron chi connectivity index (χ0n) is 23.4. The van der Waals surface area contributed by atoms with Crippen molar-refractivity contribution >= 4 is 16.2 Å². The van der Waals surface area contributed by atoms with Crippen LogP contribution < -0.4 is 24.3 Å². The quantitative estimate of drug-likeness (QED) is 0.354. The first-order valence-corrected chi connectivity index (χ1v) is 13.7. The Bertz CT molecular complexity index is 1170. The highest BCUT2D eigenvalue weighted by Crippen LogP contribution is 2.47. The summed E-state index contributed by atoms with van der Waals surface area (Å²) in [5, 5.41) is 2.72. The third kappa shape index (κ3) is 8.70. The minimum absolute atomic E-state index is 0.0128.